The van der Waals surface area contributed by atoms with Gasteiger partial charge in [-0.1, -0.05) is 11.6 Å². The summed E-state index contributed by atoms with van der Waals surface area (Å²) in [4.78, 5) is 58.1. The summed E-state index contributed by atoms with van der Waals surface area (Å²) in [5.74, 6) is -3.05. The molecule has 3 saturated heterocycles. The Balaban J connectivity index is 0.000000591. The van der Waals surface area contributed by atoms with Crippen molar-refractivity contribution >= 4 is 17.5 Å². The van der Waals surface area contributed by atoms with Crippen molar-refractivity contribution in [1.82, 2.24) is 10.2 Å². The summed E-state index contributed by atoms with van der Waals surface area (Å²) in [6.07, 6.45) is 4.09. The minimum absolute atomic E-state index is 0.0738. The number of Topliss-reactive ketones (excluding diaryl/α,β-unsaturated/α-hetero) is 1. The molecular weight excluding hydrogens is 468 g/mol. The number of ketones is 2. The first-order chi connectivity index (χ1) is 16.6. The third-order valence-corrected chi connectivity index (χ3v) is 8.26. The van der Waals surface area contributed by atoms with Crippen LogP contribution in [0.3, 0.4) is 0 Å². The maximum absolute atomic E-state index is 12.4. The second kappa shape index (κ2) is 7.95. The maximum atomic E-state index is 12.4. The van der Waals surface area contributed by atoms with Gasteiger partial charge in [0.15, 0.2) is 0 Å². The summed E-state index contributed by atoms with van der Waals surface area (Å²) in [5.41, 5.74) is 0.637. The van der Waals surface area contributed by atoms with Gasteiger partial charge >= 0.3 is 17.4 Å². The van der Waals surface area contributed by atoms with E-state index in [1.165, 1.54) is 11.6 Å². The lowest BCUT2D eigenvalue weighted by Gasteiger charge is -2.55. The summed E-state index contributed by atoms with van der Waals surface area (Å²) in [5, 5.41) is 38.2. The molecule has 186 valence electrons. The first-order valence-electron chi connectivity index (χ1n) is 11.1. The molecule has 4 aliphatic heterocycles. The van der Waals surface area contributed by atoms with E-state index in [0.29, 0.717) is 18.6 Å². The molecule has 0 amide bonds. The Morgan fingerprint density at radius 1 is 1.31 bits per heavy atom. The zero-order chi connectivity index (χ0) is 25.2. The highest BCUT2D eigenvalue weighted by Crippen LogP contribution is 2.64. The van der Waals surface area contributed by atoms with Crippen LogP contribution in [0, 0.1) is 37.5 Å². The van der Waals surface area contributed by atoms with E-state index in [9.17, 15) is 29.6 Å². The smallest absolute Gasteiger partial charge is 0.343 e. The van der Waals surface area contributed by atoms with E-state index in [0.717, 1.165) is 19.5 Å². The van der Waals surface area contributed by atoms with Gasteiger partial charge in [-0.05, 0) is 37.0 Å². The summed E-state index contributed by atoms with van der Waals surface area (Å²) < 4.78 is 6.00. The van der Waals surface area contributed by atoms with Gasteiger partial charge in [0.05, 0.1) is 24.1 Å². The van der Waals surface area contributed by atoms with E-state index >= 15 is 0 Å². The van der Waals surface area contributed by atoms with E-state index in [1.54, 1.807) is 0 Å². The molecule has 1 saturated carbocycles. The lowest BCUT2D eigenvalue weighted by atomic mass is 9.54. The molecule has 35 heavy (non-hydrogen) atoms. The number of carboxylic acid groups (broad SMARTS) is 1. The topological polar surface area (TPSA) is 202 Å². The number of carbonyl (C=O) groups is 3. The molecule has 6 rings (SSSR count). The Kier molecular flexibility index (Phi) is 5.25. The van der Waals surface area contributed by atoms with Gasteiger partial charge in [0, 0.05) is 30.0 Å². The average molecular weight is 490 g/mol. The van der Waals surface area contributed by atoms with Crippen LogP contribution in [0.5, 0.6) is 0 Å². The Morgan fingerprint density at radius 2 is 2.03 bits per heavy atom. The van der Waals surface area contributed by atoms with Gasteiger partial charge in [-0.15, -0.1) is 10.1 Å². The molecule has 14 heteroatoms. The van der Waals surface area contributed by atoms with Crippen LogP contribution >= 0.6 is 0 Å². The molecule has 14 nitrogen and oxygen atoms in total. The fourth-order valence-electron chi connectivity index (χ4n) is 7.23. The molecule has 6 aliphatic rings. The Hall–Kier alpha value is -3.65. The summed E-state index contributed by atoms with van der Waals surface area (Å²) in [6.45, 7) is 1.87. The van der Waals surface area contributed by atoms with Crippen LogP contribution in [-0.2, 0) is 19.1 Å². The molecule has 6 unspecified atom stereocenters. The maximum Gasteiger partial charge on any atom is 0.343 e. The number of fused-ring (bicyclic) bond motifs is 2. The van der Waals surface area contributed by atoms with Crippen LogP contribution in [0.4, 0.5) is 0 Å². The molecule has 0 radical (unpaired) electrons. The SMILES string of the molecule is O=C(O)CC1OCC=C2CN3CCC45C6=CC(=O)C(=O)C([N+](=O)[O-])=C6NC4C1C2CC35.O=[N+]([O-])O. The van der Waals surface area contributed by atoms with Crippen molar-refractivity contribution in [3.8, 4) is 0 Å². The predicted molar refractivity (Wildman–Crippen MR) is 112 cm³/mol. The van der Waals surface area contributed by atoms with Crippen LogP contribution in [0.2, 0.25) is 0 Å². The van der Waals surface area contributed by atoms with Gasteiger partial charge in [0.25, 0.3) is 5.09 Å². The monoisotopic (exact) mass is 490 g/mol. The fourth-order valence-corrected chi connectivity index (χ4v) is 7.23. The molecular formula is C21H22N4O10. The fraction of sp³-hybridized carbons (Fsp3) is 0.571. The molecule has 0 aromatic rings. The van der Waals surface area contributed by atoms with Crippen molar-refractivity contribution in [2.75, 3.05) is 19.7 Å². The second-order valence-electron chi connectivity index (χ2n) is 9.54. The van der Waals surface area contributed by atoms with E-state index < -0.39 is 44.8 Å². The molecule has 6 atom stereocenters. The summed E-state index contributed by atoms with van der Waals surface area (Å²) in [7, 11) is 0. The second-order valence-corrected chi connectivity index (χ2v) is 9.54. The van der Waals surface area contributed by atoms with E-state index in [-0.39, 0.29) is 36.0 Å². The Bertz CT molecular complexity index is 1150. The number of ether oxygens (including phenoxy) is 1. The van der Waals surface area contributed by atoms with Crippen LogP contribution in [0.15, 0.2) is 34.7 Å². The van der Waals surface area contributed by atoms with Crippen molar-refractivity contribution in [1.29, 1.82) is 0 Å². The normalized spacial score (nSPS) is 36.5. The van der Waals surface area contributed by atoms with E-state index in [4.69, 9.17) is 20.1 Å². The molecule has 4 fully saturated rings. The standard InChI is InChI=1S/C21H21N3O7.HNO3/c25-12-6-11-17(18(19(12)28)24(29)30)22-20-16-10-5-14-21(11,20)2-3-23(14)8-9(10)1-4-31-13(16)7-15(26)27;2-1(3)4/h1,6,10,13-14,16,20,22H,2-5,7-8H2,(H,26,27);(H,2,3,4). The third kappa shape index (κ3) is 3.27. The zero-order valence-corrected chi connectivity index (χ0v) is 18.3. The number of piperidine rings is 1. The molecule has 2 bridgehead atoms. The van der Waals surface area contributed by atoms with Crippen LogP contribution < -0.4 is 5.32 Å². The molecule has 3 N–H and O–H groups in total. The number of hydrogen-bond acceptors (Lipinski definition) is 10. The average Bonchev–Trinajstić information content (AvgIpc) is 3.23. The molecule has 1 spiro atoms. The number of nitrogens with one attached hydrogen (secondary N) is 1. The summed E-state index contributed by atoms with van der Waals surface area (Å²) >= 11 is 0. The van der Waals surface area contributed by atoms with Crippen molar-refractivity contribution in [3.63, 3.8) is 0 Å². The van der Waals surface area contributed by atoms with Gasteiger partial charge in [0.1, 0.15) is 5.70 Å². The van der Waals surface area contributed by atoms with Crippen LogP contribution in [0.1, 0.15) is 19.3 Å². The highest BCUT2D eigenvalue weighted by atomic mass is 16.9. The number of aliphatic carboxylic acids is 1. The Labute approximate surface area is 197 Å². The number of allylic oxidation sites excluding steroid dienone is 3. The number of carbonyl (C=O) groups excluding carboxylic acids is 2. The quantitative estimate of drug-likeness (QED) is 0.153. The van der Waals surface area contributed by atoms with Gasteiger partial charge in [-0.25, -0.2) is 0 Å². The number of carboxylic acids is 1. The van der Waals surface area contributed by atoms with Gasteiger partial charge in [-0.3, -0.25) is 29.4 Å². The van der Waals surface area contributed by atoms with Crippen molar-refractivity contribution in [2.24, 2.45) is 17.3 Å². The molecule has 4 heterocycles. The first-order valence-corrected chi connectivity index (χ1v) is 11.1. The van der Waals surface area contributed by atoms with Gasteiger partial charge in [0.2, 0.25) is 5.78 Å². The lowest BCUT2D eigenvalue weighted by Crippen LogP contribution is -2.63. The minimum Gasteiger partial charge on any atom is -0.481 e. The number of nitrogens with zero attached hydrogens (tertiary/aromatic N) is 3. The lowest BCUT2D eigenvalue weighted by molar-refractivity contribution is -0.742. The van der Waals surface area contributed by atoms with Crippen molar-refractivity contribution in [3.05, 3.63) is 54.9 Å². The molecule has 0 aromatic heterocycles. The highest BCUT2D eigenvalue weighted by molar-refractivity contribution is 6.48. The minimum atomic E-state index is -1.50. The Morgan fingerprint density at radius 3 is 2.69 bits per heavy atom. The van der Waals surface area contributed by atoms with Gasteiger partial charge < -0.3 is 20.4 Å². The molecule has 0 aromatic carbocycles. The number of rotatable bonds is 3. The third-order valence-electron chi connectivity index (χ3n) is 8.26. The highest BCUT2D eigenvalue weighted by Gasteiger charge is 2.69. The predicted octanol–water partition coefficient (Wildman–Crippen LogP) is -0.313. The van der Waals surface area contributed by atoms with Crippen LogP contribution in [0.25, 0.3) is 0 Å². The number of nitro groups is 1. The van der Waals surface area contributed by atoms with E-state index in [2.05, 4.69) is 16.3 Å². The van der Waals surface area contributed by atoms with E-state index in [1.807, 2.05) is 0 Å². The first kappa shape index (κ1) is 23.1. The van der Waals surface area contributed by atoms with Crippen LogP contribution in [-0.4, -0.2) is 80.6 Å². The van der Waals surface area contributed by atoms with Crippen molar-refractivity contribution < 1.29 is 39.4 Å². The summed E-state index contributed by atoms with van der Waals surface area (Å²) in [6, 6.07) is -0.271. The zero-order valence-electron chi connectivity index (χ0n) is 18.3. The van der Waals surface area contributed by atoms with Crippen molar-refractivity contribution in [2.45, 2.75) is 37.5 Å². The molecule has 2 aliphatic carbocycles. The number of hydrogen-bond donors (Lipinski definition) is 3. The largest absolute Gasteiger partial charge is 0.481 e. The van der Waals surface area contributed by atoms with Gasteiger partial charge in [-0.2, -0.15) is 0 Å².